The highest BCUT2D eigenvalue weighted by Gasteiger charge is 2.21. The summed E-state index contributed by atoms with van der Waals surface area (Å²) in [4.78, 5) is 15.1. The van der Waals surface area contributed by atoms with Gasteiger partial charge in [0.15, 0.2) is 17.4 Å². The minimum atomic E-state index is -0.970. The van der Waals surface area contributed by atoms with Crippen molar-refractivity contribution in [2.75, 3.05) is 18.6 Å². The van der Waals surface area contributed by atoms with Crippen LogP contribution in [0.15, 0.2) is 42.7 Å². The lowest BCUT2D eigenvalue weighted by atomic mass is 10.0. The molecule has 0 unspecified atom stereocenters. The third-order valence-electron chi connectivity index (χ3n) is 4.41. The molecule has 0 amide bonds. The Balaban J connectivity index is 1.62. The molecule has 7 heteroatoms. The van der Waals surface area contributed by atoms with Crippen molar-refractivity contribution in [3.8, 4) is 17.3 Å². The lowest BCUT2D eigenvalue weighted by Gasteiger charge is -2.30. The number of aromatic nitrogens is 3. The van der Waals surface area contributed by atoms with Gasteiger partial charge in [-0.3, -0.25) is 0 Å². The van der Waals surface area contributed by atoms with E-state index in [2.05, 4.69) is 15.0 Å². The standard InChI is InChI=1S/C19H16F2N4O/c1-26-17-10-13(9-14(20)18(17)21)25-8-5-15-12(11-25)3-4-16(24-15)19-22-6-2-7-23-19/h2-4,6-7,9-10H,5,8,11H2,1H3. The predicted molar refractivity (Wildman–Crippen MR) is 92.9 cm³/mol. The molecule has 5 nitrogen and oxygen atoms in total. The van der Waals surface area contributed by atoms with Crippen LogP contribution >= 0.6 is 0 Å². The van der Waals surface area contributed by atoms with Crippen LogP contribution in [0.1, 0.15) is 11.3 Å². The Labute approximate surface area is 149 Å². The van der Waals surface area contributed by atoms with E-state index in [9.17, 15) is 8.78 Å². The Kier molecular flexibility index (Phi) is 4.20. The Bertz CT molecular complexity index is 950. The van der Waals surface area contributed by atoms with E-state index in [0.717, 1.165) is 17.0 Å². The smallest absolute Gasteiger partial charge is 0.200 e. The summed E-state index contributed by atoms with van der Waals surface area (Å²) >= 11 is 0. The molecule has 1 aliphatic heterocycles. The molecule has 26 heavy (non-hydrogen) atoms. The van der Waals surface area contributed by atoms with E-state index in [-0.39, 0.29) is 5.75 Å². The first-order valence-corrected chi connectivity index (χ1v) is 8.20. The second kappa shape index (κ2) is 6.67. The first kappa shape index (κ1) is 16.4. The molecule has 0 atom stereocenters. The Morgan fingerprint density at radius 1 is 1.12 bits per heavy atom. The summed E-state index contributed by atoms with van der Waals surface area (Å²) in [5, 5.41) is 0. The number of fused-ring (bicyclic) bond motifs is 1. The van der Waals surface area contributed by atoms with Crippen molar-refractivity contribution < 1.29 is 13.5 Å². The summed E-state index contributed by atoms with van der Waals surface area (Å²) in [6, 6.07) is 8.34. The molecular formula is C19H16F2N4O. The van der Waals surface area contributed by atoms with Gasteiger partial charge in [0.1, 0.15) is 5.69 Å². The highest BCUT2D eigenvalue weighted by molar-refractivity contribution is 5.55. The zero-order chi connectivity index (χ0) is 18.1. The largest absolute Gasteiger partial charge is 0.493 e. The molecule has 2 aromatic heterocycles. The summed E-state index contributed by atoms with van der Waals surface area (Å²) in [6.45, 7) is 1.21. The molecule has 132 valence electrons. The van der Waals surface area contributed by atoms with Crippen LogP contribution in [0.5, 0.6) is 5.75 Å². The van der Waals surface area contributed by atoms with Gasteiger partial charge in [-0.05, 0) is 17.7 Å². The fourth-order valence-electron chi connectivity index (χ4n) is 3.07. The van der Waals surface area contributed by atoms with Gasteiger partial charge >= 0.3 is 0 Å². The number of hydrogen-bond acceptors (Lipinski definition) is 5. The molecule has 0 radical (unpaired) electrons. The maximum Gasteiger partial charge on any atom is 0.200 e. The lowest BCUT2D eigenvalue weighted by molar-refractivity contribution is 0.372. The Morgan fingerprint density at radius 2 is 1.92 bits per heavy atom. The molecule has 0 spiro atoms. The zero-order valence-corrected chi connectivity index (χ0v) is 14.1. The maximum atomic E-state index is 13.8. The van der Waals surface area contributed by atoms with Crippen LogP contribution in [0.2, 0.25) is 0 Å². The van der Waals surface area contributed by atoms with Crippen molar-refractivity contribution >= 4 is 5.69 Å². The van der Waals surface area contributed by atoms with Crippen molar-refractivity contribution in [1.82, 2.24) is 15.0 Å². The van der Waals surface area contributed by atoms with E-state index >= 15 is 0 Å². The molecule has 0 saturated heterocycles. The highest BCUT2D eigenvalue weighted by atomic mass is 19.2. The summed E-state index contributed by atoms with van der Waals surface area (Å²) in [7, 11) is 1.32. The van der Waals surface area contributed by atoms with Crippen molar-refractivity contribution in [3.05, 3.63) is 65.6 Å². The van der Waals surface area contributed by atoms with Gasteiger partial charge in [0, 0.05) is 55.4 Å². The summed E-state index contributed by atoms with van der Waals surface area (Å²) in [5.41, 5.74) is 3.33. The monoisotopic (exact) mass is 354 g/mol. The van der Waals surface area contributed by atoms with Gasteiger partial charge in [-0.25, -0.2) is 19.3 Å². The summed E-state index contributed by atoms with van der Waals surface area (Å²) in [5.74, 6) is -1.40. The van der Waals surface area contributed by atoms with E-state index in [4.69, 9.17) is 4.74 Å². The second-order valence-corrected chi connectivity index (χ2v) is 5.99. The molecule has 0 N–H and O–H groups in total. The molecular weight excluding hydrogens is 338 g/mol. The number of benzene rings is 1. The van der Waals surface area contributed by atoms with Crippen LogP contribution < -0.4 is 9.64 Å². The molecule has 0 fully saturated rings. The van der Waals surface area contributed by atoms with E-state index in [0.29, 0.717) is 31.0 Å². The molecule has 0 saturated carbocycles. The Morgan fingerprint density at radius 3 is 2.69 bits per heavy atom. The first-order chi connectivity index (χ1) is 12.7. The summed E-state index contributed by atoms with van der Waals surface area (Å²) in [6.07, 6.45) is 4.06. The summed E-state index contributed by atoms with van der Waals surface area (Å²) < 4.78 is 32.4. The number of rotatable bonds is 3. The fourth-order valence-corrected chi connectivity index (χ4v) is 3.07. The minimum absolute atomic E-state index is 0.0968. The molecule has 3 heterocycles. The van der Waals surface area contributed by atoms with Crippen molar-refractivity contribution in [3.63, 3.8) is 0 Å². The minimum Gasteiger partial charge on any atom is -0.493 e. The molecule has 0 bridgehead atoms. The van der Waals surface area contributed by atoms with Gasteiger partial charge in [-0.15, -0.1) is 0 Å². The van der Waals surface area contributed by atoms with E-state index in [1.165, 1.54) is 19.2 Å². The molecule has 1 aromatic carbocycles. The second-order valence-electron chi connectivity index (χ2n) is 5.99. The lowest BCUT2D eigenvalue weighted by Crippen LogP contribution is -2.31. The number of anilines is 1. The average molecular weight is 354 g/mol. The predicted octanol–water partition coefficient (Wildman–Crippen LogP) is 3.39. The number of hydrogen-bond donors (Lipinski definition) is 0. The zero-order valence-electron chi connectivity index (χ0n) is 14.1. The van der Waals surface area contributed by atoms with Crippen molar-refractivity contribution in [2.24, 2.45) is 0 Å². The number of nitrogens with zero attached hydrogens (tertiary/aromatic N) is 4. The van der Waals surface area contributed by atoms with Crippen LogP contribution in [-0.4, -0.2) is 28.6 Å². The first-order valence-electron chi connectivity index (χ1n) is 8.20. The van der Waals surface area contributed by atoms with Gasteiger partial charge in [-0.2, -0.15) is 4.39 Å². The van der Waals surface area contributed by atoms with Crippen LogP contribution in [0.4, 0.5) is 14.5 Å². The highest BCUT2D eigenvalue weighted by Crippen LogP contribution is 2.30. The number of pyridine rings is 1. The number of ether oxygens (including phenoxy) is 1. The molecule has 4 rings (SSSR count). The average Bonchev–Trinajstić information content (AvgIpc) is 2.69. The van der Waals surface area contributed by atoms with Crippen LogP contribution in [0, 0.1) is 11.6 Å². The number of methoxy groups -OCH3 is 1. The van der Waals surface area contributed by atoms with Gasteiger partial charge in [-0.1, -0.05) is 6.07 Å². The SMILES string of the molecule is COc1cc(N2CCc3nc(-c4ncccn4)ccc3C2)cc(F)c1F. The van der Waals surface area contributed by atoms with Crippen LogP contribution in [0.25, 0.3) is 11.5 Å². The fraction of sp³-hybridized carbons (Fsp3) is 0.211. The topological polar surface area (TPSA) is 51.1 Å². The molecule has 3 aromatic rings. The molecule has 0 aliphatic carbocycles. The Hall–Kier alpha value is -3.09. The van der Waals surface area contributed by atoms with E-state index in [1.807, 2.05) is 17.0 Å². The van der Waals surface area contributed by atoms with Gasteiger partial charge in [0.2, 0.25) is 5.82 Å². The van der Waals surface area contributed by atoms with Gasteiger partial charge < -0.3 is 9.64 Å². The van der Waals surface area contributed by atoms with E-state index in [1.54, 1.807) is 18.5 Å². The van der Waals surface area contributed by atoms with Crippen LogP contribution in [-0.2, 0) is 13.0 Å². The van der Waals surface area contributed by atoms with Gasteiger partial charge in [0.05, 0.1) is 7.11 Å². The number of halogens is 2. The quantitative estimate of drug-likeness (QED) is 0.722. The third-order valence-corrected chi connectivity index (χ3v) is 4.41. The van der Waals surface area contributed by atoms with Crippen molar-refractivity contribution in [2.45, 2.75) is 13.0 Å². The molecule has 1 aliphatic rings. The van der Waals surface area contributed by atoms with Crippen LogP contribution in [0.3, 0.4) is 0 Å². The maximum absolute atomic E-state index is 13.8. The third kappa shape index (κ3) is 2.96. The normalized spacial score (nSPS) is 13.4. The van der Waals surface area contributed by atoms with E-state index < -0.39 is 11.6 Å². The van der Waals surface area contributed by atoms with Crippen molar-refractivity contribution in [1.29, 1.82) is 0 Å². The van der Waals surface area contributed by atoms with Gasteiger partial charge in [0.25, 0.3) is 0 Å².